The van der Waals surface area contributed by atoms with E-state index in [1.165, 1.54) is 0 Å². The average Bonchev–Trinajstić information content (AvgIpc) is 2.40. The number of methoxy groups -OCH3 is 1. The van der Waals surface area contributed by atoms with Crippen LogP contribution in [0.4, 0.5) is 0 Å². The fourth-order valence-corrected chi connectivity index (χ4v) is 1.84. The van der Waals surface area contributed by atoms with Crippen LogP contribution in [0.2, 0.25) is 0 Å². The van der Waals surface area contributed by atoms with Crippen LogP contribution in [0.5, 0.6) is 11.5 Å². The van der Waals surface area contributed by atoms with Gasteiger partial charge >= 0.3 is 0 Å². The zero-order valence-corrected chi connectivity index (χ0v) is 9.85. The molecule has 1 aromatic carbocycles. The molecule has 0 N–H and O–H groups in total. The van der Waals surface area contributed by atoms with Crippen LogP contribution in [0.25, 0.3) is 0 Å². The number of hydrogen-bond acceptors (Lipinski definition) is 4. The van der Waals surface area contributed by atoms with E-state index < -0.39 is 0 Å². The van der Waals surface area contributed by atoms with Crippen molar-refractivity contribution in [3.8, 4) is 11.5 Å². The number of benzene rings is 1. The first-order valence-corrected chi connectivity index (χ1v) is 5.71. The molecular weight excluding hydrogens is 220 g/mol. The fraction of sp³-hybridized carbons (Fsp3) is 0.462. The Hall–Kier alpha value is -1.55. The number of carbonyl (C=O) groups excluding carboxylic acids is 1. The molecule has 0 aromatic heterocycles. The standard InChI is InChI=1S/C13H16O4/c1-15-12-5-4-10(8-14)7-13(12)17-11-3-2-6-16-9-11/h4-5,7-8,11H,2-3,6,9H2,1H3. The summed E-state index contributed by atoms with van der Waals surface area (Å²) >= 11 is 0. The quantitative estimate of drug-likeness (QED) is 0.751. The molecule has 0 aliphatic carbocycles. The molecule has 1 aliphatic heterocycles. The molecule has 0 saturated carbocycles. The second-order valence-electron chi connectivity index (χ2n) is 3.99. The van der Waals surface area contributed by atoms with Gasteiger partial charge in [0.15, 0.2) is 11.5 Å². The number of aldehydes is 1. The van der Waals surface area contributed by atoms with E-state index in [0.29, 0.717) is 23.7 Å². The van der Waals surface area contributed by atoms with Crippen molar-refractivity contribution in [1.29, 1.82) is 0 Å². The SMILES string of the molecule is COc1ccc(C=O)cc1OC1CCCOC1. The van der Waals surface area contributed by atoms with Gasteiger partial charge in [-0.15, -0.1) is 0 Å². The van der Waals surface area contributed by atoms with E-state index in [2.05, 4.69) is 0 Å². The molecule has 1 heterocycles. The van der Waals surface area contributed by atoms with Gasteiger partial charge in [-0.05, 0) is 31.0 Å². The Labute approximate surface area is 100 Å². The van der Waals surface area contributed by atoms with Gasteiger partial charge in [0.25, 0.3) is 0 Å². The molecule has 0 radical (unpaired) electrons. The molecule has 1 saturated heterocycles. The van der Waals surface area contributed by atoms with E-state index in [1.807, 2.05) is 0 Å². The Morgan fingerprint density at radius 3 is 2.94 bits per heavy atom. The monoisotopic (exact) mass is 236 g/mol. The first kappa shape index (κ1) is 11.9. The number of ether oxygens (including phenoxy) is 3. The summed E-state index contributed by atoms with van der Waals surface area (Å²) in [7, 11) is 1.58. The molecule has 17 heavy (non-hydrogen) atoms. The van der Waals surface area contributed by atoms with Crippen LogP contribution in [-0.2, 0) is 4.74 Å². The number of rotatable bonds is 4. The second-order valence-corrected chi connectivity index (χ2v) is 3.99. The Balaban J connectivity index is 2.13. The van der Waals surface area contributed by atoms with Crippen molar-refractivity contribution in [2.24, 2.45) is 0 Å². The summed E-state index contributed by atoms with van der Waals surface area (Å²) in [6.07, 6.45) is 2.80. The third-order valence-corrected chi connectivity index (χ3v) is 2.74. The van der Waals surface area contributed by atoms with Gasteiger partial charge in [0.1, 0.15) is 12.4 Å². The van der Waals surface area contributed by atoms with Crippen molar-refractivity contribution >= 4 is 6.29 Å². The molecule has 1 atom stereocenters. The van der Waals surface area contributed by atoms with E-state index in [9.17, 15) is 4.79 Å². The minimum absolute atomic E-state index is 0.0413. The molecule has 4 heteroatoms. The highest BCUT2D eigenvalue weighted by molar-refractivity contribution is 5.76. The van der Waals surface area contributed by atoms with Gasteiger partial charge in [0, 0.05) is 12.2 Å². The van der Waals surface area contributed by atoms with E-state index in [4.69, 9.17) is 14.2 Å². The minimum Gasteiger partial charge on any atom is -0.493 e. The lowest BCUT2D eigenvalue weighted by molar-refractivity contribution is 0.00642. The third kappa shape index (κ3) is 2.97. The van der Waals surface area contributed by atoms with Gasteiger partial charge < -0.3 is 14.2 Å². The molecule has 2 rings (SSSR count). The summed E-state index contributed by atoms with van der Waals surface area (Å²) in [6, 6.07) is 5.14. The predicted octanol–water partition coefficient (Wildman–Crippen LogP) is 2.07. The van der Waals surface area contributed by atoms with Crippen LogP contribution in [0.3, 0.4) is 0 Å². The average molecular weight is 236 g/mol. The summed E-state index contributed by atoms with van der Waals surface area (Å²) < 4.78 is 16.4. The molecule has 92 valence electrons. The van der Waals surface area contributed by atoms with E-state index >= 15 is 0 Å². The van der Waals surface area contributed by atoms with Crippen molar-refractivity contribution in [3.05, 3.63) is 23.8 Å². The Kier molecular flexibility index (Phi) is 3.98. The maximum Gasteiger partial charge on any atom is 0.162 e. The van der Waals surface area contributed by atoms with Crippen LogP contribution in [0.15, 0.2) is 18.2 Å². The van der Waals surface area contributed by atoms with Gasteiger partial charge in [-0.3, -0.25) is 4.79 Å². The van der Waals surface area contributed by atoms with Crippen molar-refractivity contribution < 1.29 is 19.0 Å². The maximum atomic E-state index is 10.7. The topological polar surface area (TPSA) is 44.8 Å². The maximum absolute atomic E-state index is 10.7. The molecular formula is C13H16O4. The van der Waals surface area contributed by atoms with Crippen molar-refractivity contribution in [2.75, 3.05) is 20.3 Å². The molecule has 1 aromatic rings. The highest BCUT2D eigenvalue weighted by Gasteiger charge is 2.17. The summed E-state index contributed by atoms with van der Waals surface area (Å²) in [5.74, 6) is 1.24. The highest BCUT2D eigenvalue weighted by Crippen LogP contribution is 2.29. The molecule has 1 fully saturated rings. The van der Waals surface area contributed by atoms with Crippen LogP contribution in [0, 0.1) is 0 Å². The lowest BCUT2D eigenvalue weighted by Crippen LogP contribution is -2.28. The zero-order valence-electron chi connectivity index (χ0n) is 9.85. The lowest BCUT2D eigenvalue weighted by atomic mass is 10.1. The van der Waals surface area contributed by atoms with Crippen molar-refractivity contribution in [2.45, 2.75) is 18.9 Å². The summed E-state index contributed by atoms with van der Waals surface area (Å²) in [6.45, 7) is 1.39. The summed E-state index contributed by atoms with van der Waals surface area (Å²) in [5.41, 5.74) is 0.581. The largest absolute Gasteiger partial charge is 0.493 e. The highest BCUT2D eigenvalue weighted by atomic mass is 16.5. The minimum atomic E-state index is 0.0413. The van der Waals surface area contributed by atoms with Gasteiger partial charge in [-0.2, -0.15) is 0 Å². The second kappa shape index (κ2) is 5.68. The molecule has 0 amide bonds. The molecule has 1 aliphatic rings. The molecule has 4 nitrogen and oxygen atoms in total. The zero-order chi connectivity index (χ0) is 12.1. The van der Waals surface area contributed by atoms with Crippen LogP contribution in [0.1, 0.15) is 23.2 Å². The van der Waals surface area contributed by atoms with E-state index in [0.717, 1.165) is 25.7 Å². The normalized spacial score (nSPS) is 19.7. The van der Waals surface area contributed by atoms with Crippen LogP contribution >= 0.6 is 0 Å². The Morgan fingerprint density at radius 2 is 2.29 bits per heavy atom. The van der Waals surface area contributed by atoms with Gasteiger partial charge in [0.2, 0.25) is 0 Å². The summed E-state index contributed by atoms with van der Waals surface area (Å²) in [4.78, 5) is 10.7. The third-order valence-electron chi connectivity index (χ3n) is 2.74. The predicted molar refractivity (Wildman–Crippen MR) is 62.9 cm³/mol. The van der Waals surface area contributed by atoms with Crippen LogP contribution < -0.4 is 9.47 Å². The van der Waals surface area contributed by atoms with Crippen LogP contribution in [-0.4, -0.2) is 32.7 Å². The van der Waals surface area contributed by atoms with E-state index in [1.54, 1.807) is 25.3 Å². The Bertz CT molecular complexity index is 383. The lowest BCUT2D eigenvalue weighted by Gasteiger charge is -2.24. The van der Waals surface area contributed by atoms with Gasteiger partial charge in [-0.1, -0.05) is 0 Å². The smallest absolute Gasteiger partial charge is 0.162 e. The first-order valence-electron chi connectivity index (χ1n) is 5.71. The summed E-state index contributed by atoms with van der Waals surface area (Å²) in [5, 5.41) is 0. The van der Waals surface area contributed by atoms with Gasteiger partial charge in [0.05, 0.1) is 13.7 Å². The first-order chi connectivity index (χ1) is 8.33. The number of carbonyl (C=O) groups is 1. The Morgan fingerprint density at radius 1 is 1.41 bits per heavy atom. The molecule has 0 bridgehead atoms. The van der Waals surface area contributed by atoms with Crippen molar-refractivity contribution in [1.82, 2.24) is 0 Å². The van der Waals surface area contributed by atoms with E-state index in [-0.39, 0.29) is 6.10 Å². The number of hydrogen-bond donors (Lipinski definition) is 0. The molecule has 1 unspecified atom stereocenters. The fourth-order valence-electron chi connectivity index (χ4n) is 1.84. The van der Waals surface area contributed by atoms with Gasteiger partial charge in [-0.25, -0.2) is 0 Å². The molecule has 0 spiro atoms. The van der Waals surface area contributed by atoms with Crippen molar-refractivity contribution in [3.63, 3.8) is 0 Å².